The van der Waals surface area contributed by atoms with Crippen molar-refractivity contribution in [2.75, 3.05) is 0 Å². The van der Waals surface area contributed by atoms with E-state index in [-0.39, 0.29) is 0 Å². The molecule has 0 spiro atoms. The van der Waals surface area contributed by atoms with Gasteiger partial charge in [-0.2, -0.15) is 0 Å². The first-order valence-electron chi connectivity index (χ1n) is 7.60. The smallest absolute Gasteiger partial charge is 0.0934 e. The van der Waals surface area contributed by atoms with Crippen molar-refractivity contribution in [3.8, 4) is 0 Å². The molecule has 3 heteroatoms. The van der Waals surface area contributed by atoms with Crippen molar-refractivity contribution in [2.45, 2.75) is 70.9 Å². The van der Waals surface area contributed by atoms with Gasteiger partial charge in [0.2, 0.25) is 0 Å². The average Bonchev–Trinajstić information content (AvgIpc) is 2.73. The fourth-order valence-corrected chi connectivity index (χ4v) is 5.12. The van der Waals surface area contributed by atoms with Crippen LogP contribution < -0.4 is 5.32 Å². The van der Waals surface area contributed by atoms with Gasteiger partial charge in [0.05, 0.1) is 4.34 Å². The molecule has 1 N–H and O–H groups in total. The molecule has 106 valence electrons. The third-order valence-electron chi connectivity index (χ3n) is 4.99. The van der Waals surface area contributed by atoms with Gasteiger partial charge in [-0.15, -0.1) is 11.3 Å². The molecule has 2 unspecified atom stereocenters. The van der Waals surface area contributed by atoms with Crippen molar-refractivity contribution >= 4 is 22.9 Å². The second-order valence-corrected chi connectivity index (χ2v) is 8.60. The second kappa shape index (κ2) is 5.38. The molecule has 1 saturated carbocycles. The van der Waals surface area contributed by atoms with Gasteiger partial charge in [0.15, 0.2) is 0 Å². The highest BCUT2D eigenvalue weighted by molar-refractivity contribution is 7.16. The minimum absolute atomic E-state index is 0.440. The van der Waals surface area contributed by atoms with E-state index in [0.717, 1.165) is 4.34 Å². The van der Waals surface area contributed by atoms with Crippen LogP contribution in [0.15, 0.2) is 6.07 Å². The highest BCUT2D eigenvalue weighted by Crippen LogP contribution is 2.41. The first-order chi connectivity index (χ1) is 9.06. The first kappa shape index (κ1) is 13.9. The summed E-state index contributed by atoms with van der Waals surface area (Å²) in [6, 6.07) is 3.40. The Hall–Kier alpha value is -0.0500. The number of halogens is 1. The van der Waals surface area contributed by atoms with Gasteiger partial charge < -0.3 is 5.32 Å². The van der Waals surface area contributed by atoms with Crippen LogP contribution in [0.5, 0.6) is 0 Å². The molecule has 1 heterocycles. The van der Waals surface area contributed by atoms with Gasteiger partial charge in [0.25, 0.3) is 0 Å². The number of fused-ring (bicyclic) bond motifs is 1. The molecule has 1 nitrogen and oxygen atoms in total. The van der Waals surface area contributed by atoms with Crippen LogP contribution in [-0.4, -0.2) is 6.04 Å². The molecule has 2 aliphatic carbocycles. The summed E-state index contributed by atoms with van der Waals surface area (Å²) in [5, 5.41) is 3.97. The maximum atomic E-state index is 6.21. The average molecular weight is 298 g/mol. The van der Waals surface area contributed by atoms with E-state index in [1.54, 1.807) is 11.3 Å². The molecule has 0 radical (unpaired) electrons. The van der Waals surface area contributed by atoms with Gasteiger partial charge in [0.1, 0.15) is 0 Å². The predicted molar refractivity (Wildman–Crippen MR) is 84.2 cm³/mol. The molecule has 0 saturated heterocycles. The Balaban J connectivity index is 1.77. The fraction of sp³-hybridized carbons (Fsp3) is 0.750. The van der Waals surface area contributed by atoms with E-state index in [1.165, 1.54) is 55.4 Å². The zero-order chi connectivity index (χ0) is 13.5. The standard InChI is InChI=1S/C16H24ClNS/c1-16(2)9-4-3-8-14(16)18-12-6-5-7-13-11(12)10-15(17)19-13/h10,12,14,18H,3-9H2,1-2H3. The van der Waals surface area contributed by atoms with Crippen LogP contribution in [0.25, 0.3) is 0 Å². The molecule has 1 fully saturated rings. The number of hydrogen-bond acceptors (Lipinski definition) is 2. The molecule has 2 atom stereocenters. The molecule has 0 aliphatic heterocycles. The highest BCUT2D eigenvalue weighted by Gasteiger charge is 2.34. The second-order valence-electron chi connectivity index (χ2n) is 6.83. The van der Waals surface area contributed by atoms with Crippen LogP contribution in [0.4, 0.5) is 0 Å². The molecule has 1 aromatic rings. The third-order valence-corrected chi connectivity index (χ3v) is 6.33. The van der Waals surface area contributed by atoms with Crippen molar-refractivity contribution < 1.29 is 0 Å². The monoisotopic (exact) mass is 297 g/mol. The van der Waals surface area contributed by atoms with Gasteiger partial charge in [-0.1, -0.05) is 38.3 Å². The van der Waals surface area contributed by atoms with E-state index >= 15 is 0 Å². The van der Waals surface area contributed by atoms with Crippen LogP contribution in [0.1, 0.15) is 68.9 Å². The molecular formula is C16H24ClNS. The molecule has 2 aliphatic rings. The van der Waals surface area contributed by atoms with Crippen molar-refractivity contribution in [2.24, 2.45) is 5.41 Å². The lowest BCUT2D eigenvalue weighted by Gasteiger charge is -2.42. The number of hydrogen-bond donors (Lipinski definition) is 1. The van der Waals surface area contributed by atoms with E-state index in [1.807, 2.05) is 0 Å². The third kappa shape index (κ3) is 2.86. The minimum atomic E-state index is 0.440. The van der Waals surface area contributed by atoms with Crippen molar-refractivity contribution in [1.29, 1.82) is 0 Å². The summed E-state index contributed by atoms with van der Waals surface area (Å²) >= 11 is 7.99. The van der Waals surface area contributed by atoms with Gasteiger partial charge in [-0.25, -0.2) is 0 Å². The van der Waals surface area contributed by atoms with Crippen LogP contribution in [0.3, 0.4) is 0 Å². The van der Waals surface area contributed by atoms with Crippen LogP contribution >= 0.6 is 22.9 Å². The van der Waals surface area contributed by atoms with Crippen molar-refractivity contribution in [3.63, 3.8) is 0 Å². The lowest BCUT2D eigenvalue weighted by molar-refractivity contribution is 0.151. The normalized spacial score (nSPS) is 30.1. The molecule has 1 aromatic heterocycles. The Kier molecular flexibility index (Phi) is 3.94. The number of rotatable bonds is 2. The Morgan fingerprint density at radius 1 is 1.26 bits per heavy atom. The zero-order valence-corrected chi connectivity index (χ0v) is 13.5. The molecular weight excluding hydrogens is 274 g/mol. The van der Waals surface area contributed by atoms with Gasteiger partial charge in [-0.05, 0) is 49.1 Å². The van der Waals surface area contributed by atoms with E-state index in [0.29, 0.717) is 17.5 Å². The molecule has 19 heavy (non-hydrogen) atoms. The predicted octanol–water partition coefficient (Wildman–Crippen LogP) is 5.34. The Morgan fingerprint density at radius 2 is 2.11 bits per heavy atom. The number of aryl methyl sites for hydroxylation is 1. The summed E-state index contributed by atoms with van der Waals surface area (Å²) in [5.41, 5.74) is 1.93. The zero-order valence-electron chi connectivity index (χ0n) is 12.0. The van der Waals surface area contributed by atoms with Crippen molar-refractivity contribution in [1.82, 2.24) is 5.32 Å². The van der Waals surface area contributed by atoms with Gasteiger partial charge in [0, 0.05) is 17.0 Å². The lowest BCUT2D eigenvalue weighted by Crippen LogP contribution is -2.46. The Labute approximate surface area is 125 Å². The molecule has 0 bridgehead atoms. The van der Waals surface area contributed by atoms with E-state index < -0.39 is 0 Å². The van der Waals surface area contributed by atoms with Crippen molar-refractivity contribution in [3.05, 3.63) is 20.8 Å². The summed E-state index contributed by atoms with van der Waals surface area (Å²) in [5.74, 6) is 0. The summed E-state index contributed by atoms with van der Waals surface area (Å²) in [7, 11) is 0. The molecule has 3 rings (SSSR count). The summed E-state index contributed by atoms with van der Waals surface area (Å²) in [6.07, 6.45) is 9.25. The summed E-state index contributed by atoms with van der Waals surface area (Å²) in [4.78, 5) is 1.52. The highest BCUT2D eigenvalue weighted by atomic mass is 35.5. The maximum Gasteiger partial charge on any atom is 0.0934 e. The minimum Gasteiger partial charge on any atom is -0.307 e. The van der Waals surface area contributed by atoms with Gasteiger partial charge >= 0.3 is 0 Å². The summed E-state index contributed by atoms with van der Waals surface area (Å²) < 4.78 is 0.960. The maximum absolute atomic E-state index is 6.21. The topological polar surface area (TPSA) is 12.0 Å². The first-order valence-corrected chi connectivity index (χ1v) is 8.80. The number of nitrogens with one attached hydrogen (secondary N) is 1. The molecule has 0 aromatic carbocycles. The fourth-order valence-electron chi connectivity index (χ4n) is 3.74. The van der Waals surface area contributed by atoms with E-state index in [2.05, 4.69) is 25.2 Å². The SMILES string of the molecule is CC1(C)CCCCC1NC1CCCc2sc(Cl)cc21. The summed E-state index contributed by atoms with van der Waals surface area (Å²) in [6.45, 7) is 4.85. The van der Waals surface area contributed by atoms with Gasteiger partial charge in [-0.3, -0.25) is 0 Å². The van der Waals surface area contributed by atoms with E-state index in [9.17, 15) is 0 Å². The quantitative estimate of drug-likeness (QED) is 0.777. The largest absolute Gasteiger partial charge is 0.307 e. The van der Waals surface area contributed by atoms with E-state index in [4.69, 9.17) is 11.6 Å². The Bertz CT molecular complexity index is 452. The Morgan fingerprint density at radius 3 is 2.89 bits per heavy atom. The van der Waals surface area contributed by atoms with Crippen LogP contribution in [-0.2, 0) is 6.42 Å². The number of thiophene rings is 1. The van der Waals surface area contributed by atoms with Crippen LogP contribution in [0.2, 0.25) is 4.34 Å². The lowest BCUT2D eigenvalue weighted by atomic mass is 9.72. The van der Waals surface area contributed by atoms with Crippen LogP contribution in [0, 0.1) is 5.41 Å². The molecule has 0 amide bonds.